The van der Waals surface area contributed by atoms with E-state index in [4.69, 9.17) is 14.9 Å². The van der Waals surface area contributed by atoms with Gasteiger partial charge in [-0.2, -0.15) is 0 Å². The van der Waals surface area contributed by atoms with E-state index in [-0.39, 0.29) is 12.5 Å². The van der Waals surface area contributed by atoms with Gasteiger partial charge >= 0.3 is 11.9 Å². The molecule has 0 aliphatic rings. The lowest BCUT2D eigenvalue weighted by Crippen LogP contribution is -2.21. The van der Waals surface area contributed by atoms with Crippen LogP contribution in [0, 0.1) is 0 Å². The summed E-state index contributed by atoms with van der Waals surface area (Å²) in [5, 5.41) is 17.4. The Labute approximate surface area is 82.7 Å². The Morgan fingerprint density at radius 2 is 1.93 bits per heavy atom. The number of carboxylic acid groups (broad SMARTS) is 1. The maximum absolute atomic E-state index is 11.0. The molecule has 0 aromatic carbocycles. The quantitative estimate of drug-likeness (QED) is 0.617. The molecule has 5 heteroatoms. The van der Waals surface area contributed by atoms with Crippen molar-refractivity contribution in [2.24, 2.45) is 0 Å². The van der Waals surface area contributed by atoms with Crippen LogP contribution in [0.2, 0.25) is 0 Å². The molecule has 0 fully saturated rings. The van der Waals surface area contributed by atoms with Gasteiger partial charge in [-0.1, -0.05) is 6.92 Å². The van der Waals surface area contributed by atoms with E-state index in [0.717, 1.165) is 0 Å². The van der Waals surface area contributed by atoms with Gasteiger partial charge in [0, 0.05) is 0 Å². The Morgan fingerprint density at radius 1 is 1.36 bits per heavy atom. The molecule has 0 amide bonds. The SMILES string of the molecule is CCC(C)OC(=O)CC(O)CC(=O)O. The topological polar surface area (TPSA) is 83.8 Å². The lowest BCUT2D eigenvalue weighted by Gasteiger charge is -2.12. The van der Waals surface area contributed by atoms with E-state index in [0.29, 0.717) is 6.42 Å². The predicted octanol–water partition coefficient (Wildman–Crippen LogP) is 0.554. The van der Waals surface area contributed by atoms with Crippen LogP contribution in [0.25, 0.3) is 0 Å². The minimum Gasteiger partial charge on any atom is -0.481 e. The fourth-order valence-corrected chi connectivity index (χ4v) is 0.822. The Morgan fingerprint density at radius 3 is 2.36 bits per heavy atom. The van der Waals surface area contributed by atoms with Gasteiger partial charge in [0.1, 0.15) is 0 Å². The van der Waals surface area contributed by atoms with Crippen molar-refractivity contribution >= 4 is 11.9 Å². The highest BCUT2D eigenvalue weighted by Crippen LogP contribution is 2.03. The average molecular weight is 204 g/mol. The van der Waals surface area contributed by atoms with Crippen molar-refractivity contribution in [2.45, 2.75) is 45.3 Å². The van der Waals surface area contributed by atoms with E-state index < -0.39 is 24.5 Å². The van der Waals surface area contributed by atoms with Crippen molar-refractivity contribution in [1.29, 1.82) is 0 Å². The number of ether oxygens (including phenoxy) is 1. The first-order chi connectivity index (χ1) is 6.45. The molecule has 0 heterocycles. The number of aliphatic carboxylic acids is 1. The molecule has 0 saturated carbocycles. The second-order valence-corrected chi connectivity index (χ2v) is 3.16. The van der Waals surface area contributed by atoms with E-state index in [1.165, 1.54) is 0 Å². The summed E-state index contributed by atoms with van der Waals surface area (Å²) in [6, 6.07) is 0. The van der Waals surface area contributed by atoms with Crippen molar-refractivity contribution in [3.63, 3.8) is 0 Å². The molecule has 2 unspecified atom stereocenters. The first-order valence-electron chi connectivity index (χ1n) is 4.55. The third-order valence-electron chi connectivity index (χ3n) is 1.72. The molecule has 2 atom stereocenters. The molecular formula is C9H16O5. The van der Waals surface area contributed by atoms with Crippen molar-refractivity contribution < 1.29 is 24.5 Å². The van der Waals surface area contributed by atoms with Crippen molar-refractivity contribution in [2.75, 3.05) is 0 Å². The van der Waals surface area contributed by atoms with Crippen LogP contribution < -0.4 is 0 Å². The van der Waals surface area contributed by atoms with Crippen LogP contribution in [0.1, 0.15) is 33.1 Å². The minimum absolute atomic E-state index is 0.195. The van der Waals surface area contributed by atoms with Gasteiger partial charge in [-0.3, -0.25) is 9.59 Å². The number of esters is 1. The highest BCUT2D eigenvalue weighted by molar-refractivity contribution is 5.72. The summed E-state index contributed by atoms with van der Waals surface area (Å²) in [6.07, 6.45) is -1.36. The summed E-state index contributed by atoms with van der Waals surface area (Å²) in [4.78, 5) is 21.2. The van der Waals surface area contributed by atoms with Crippen LogP contribution in [-0.2, 0) is 14.3 Å². The molecule has 0 aliphatic heterocycles. The number of rotatable bonds is 6. The fraction of sp³-hybridized carbons (Fsp3) is 0.778. The molecular weight excluding hydrogens is 188 g/mol. The summed E-state index contributed by atoms with van der Waals surface area (Å²) >= 11 is 0. The zero-order valence-electron chi connectivity index (χ0n) is 8.40. The van der Waals surface area contributed by atoms with Gasteiger partial charge in [0.05, 0.1) is 25.0 Å². The Balaban J connectivity index is 3.76. The van der Waals surface area contributed by atoms with E-state index in [2.05, 4.69) is 0 Å². The Hall–Kier alpha value is -1.10. The zero-order valence-corrected chi connectivity index (χ0v) is 8.40. The molecule has 0 radical (unpaired) electrons. The molecule has 0 aliphatic carbocycles. The standard InChI is InChI=1S/C9H16O5/c1-3-6(2)14-9(13)5-7(10)4-8(11)12/h6-7,10H,3-5H2,1-2H3,(H,11,12). The van der Waals surface area contributed by atoms with Gasteiger partial charge in [-0.05, 0) is 13.3 Å². The number of carbonyl (C=O) groups is 2. The first-order valence-corrected chi connectivity index (χ1v) is 4.55. The summed E-state index contributed by atoms with van der Waals surface area (Å²) in [6.45, 7) is 3.60. The second kappa shape index (κ2) is 6.37. The zero-order chi connectivity index (χ0) is 11.1. The number of hydrogen-bond donors (Lipinski definition) is 2. The van der Waals surface area contributed by atoms with Crippen LogP contribution in [0.3, 0.4) is 0 Å². The molecule has 0 saturated heterocycles. The number of carboxylic acids is 1. The van der Waals surface area contributed by atoms with Crippen LogP contribution in [0.15, 0.2) is 0 Å². The monoisotopic (exact) mass is 204 g/mol. The molecule has 0 rings (SSSR count). The number of aliphatic hydroxyl groups excluding tert-OH is 1. The Kier molecular flexibility index (Phi) is 5.87. The van der Waals surface area contributed by atoms with Crippen molar-refractivity contribution in [3.05, 3.63) is 0 Å². The van der Waals surface area contributed by atoms with Crippen LogP contribution >= 0.6 is 0 Å². The van der Waals surface area contributed by atoms with Gasteiger partial charge in [0.15, 0.2) is 0 Å². The summed E-state index contributed by atoms with van der Waals surface area (Å²) in [7, 11) is 0. The fourth-order valence-electron chi connectivity index (χ4n) is 0.822. The van der Waals surface area contributed by atoms with E-state index in [9.17, 15) is 9.59 Å². The van der Waals surface area contributed by atoms with Gasteiger partial charge in [0.2, 0.25) is 0 Å². The highest BCUT2D eigenvalue weighted by Gasteiger charge is 2.16. The normalized spacial score (nSPS) is 14.5. The van der Waals surface area contributed by atoms with E-state index in [1.54, 1.807) is 6.92 Å². The minimum atomic E-state index is -1.16. The first kappa shape index (κ1) is 12.9. The molecule has 0 spiro atoms. The largest absolute Gasteiger partial charge is 0.481 e. The number of hydrogen-bond acceptors (Lipinski definition) is 4. The van der Waals surface area contributed by atoms with Crippen molar-refractivity contribution in [3.8, 4) is 0 Å². The van der Waals surface area contributed by atoms with Gasteiger partial charge < -0.3 is 14.9 Å². The lowest BCUT2D eigenvalue weighted by atomic mass is 10.2. The van der Waals surface area contributed by atoms with Crippen LogP contribution in [-0.4, -0.2) is 34.4 Å². The molecule has 5 nitrogen and oxygen atoms in total. The van der Waals surface area contributed by atoms with Gasteiger partial charge in [0.25, 0.3) is 0 Å². The molecule has 0 bridgehead atoms. The van der Waals surface area contributed by atoms with Crippen molar-refractivity contribution in [1.82, 2.24) is 0 Å². The third kappa shape index (κ3) is 6.42. The van der Waals surface area contributed by atoms with Crippen LogP contribution in [0.4, 0.5) is 0 Å². The van der Waals surface area contributed by atoms with Gasteiger partial charge in [-0.25, -0.2) is 0 Å². The van der Waals surface area contributed by atoms with Gasteiger partial charge in [-0.15, -0.1) is 0 Å². The second-order valence-electron chi connectivity index (χ2n) is 3.16. The number of carbonyl (C=O) groups excluding carboxylic acids is 1. The molecule has 2 N–H and O–H groups in total. The predicted molar refractivity (Wildman–Crippen MR) is 48.7 cm³/mol. The summed E-state index contributed by atoms with van der Waals surface area (Å²) in [5.74, 6) is -1.69. The van der Waals surface area contributed by atoms with Crippen LogP contribution in [0.5, 0.6) is 0 Å². The maximum atomic E-state index is 11.0. The highest BCUT2D eigenvalue weighted by atomic mass is 16.5. The Bertz CT molecular complexity index is 201. The smallest absolute Gasteiger partial charge is 0.308 e. The summed E-state index contributed by atoms with van der Waals surface area (Å²) < 4.78 is 4.86. The molecule has 0 aromatic rings. The maximum Gasteiger partial charge on any atom is 0.308 e. The lowest BCUT2D eigenvalue weighted by molar-refractivity contribution is -0.151. The van der Waals surface area contributed by atoms with E-state index in [1.807, 2.05) is 6.92 Å². The number of aliphatic hydroxyl groups is 1. The molecule has 14 heavy (non-hydrogen) atoms. The third-order valence-corrected chi connectivity index (χ3v) is 1.72. The average Bonchev–Trinajstić information content (AvgIpc) is 2.01. The molecule has 0 aromatic heterocycles. The molecule has 82 valence electrons. The summed E-state index contributed by atoms with van der Waals surface area (Å²) in [5.41, 5.74) is 0. The van der Waals surface area contributed by atoms with E-state index >= 15 is 0 Å².